The molecule has 6 nitrogen and oxygen atoms in total. The quantitative estimate of drug-likeness (QED) is 0.903. The average molecular weight is 326 g/mol. The topological polar surface area (TPSA) is 83.7 Å². The number of rotatable bonds is 3. The molecule has 2 aromatic heterocycles. The van der Waals surface area contributed by atoms with Gasteiger partial charge in [-0.3, -0.25) is 4.90 Å². The predicted octanol–water partition coefficient (Wildman–Crippen LogP) is 2.13. The van der Waals surface area contributed by atoms with Crippen molar-refractivity contribution in [2.24, 2.45) is 0 Å². The Morgan fingerprint density at radius 1 is 1.33 bits per heavy atom. The van der Waals surface area contributed by atoms with Crippen LogP contribution in [0.4, 0.5) is 5.95 Å². The maximum Gasteiger partial charge on any atom is 0.220 e. The molecular weight excluding hydrogens is 300 g/mol. The smallest absolute Gasteiger partial charge is 0.220 e. The Hall–Kier alpha value is -1.95. The SMILES string of the molecule is CCc1nc(CN2CCCC3(CCc4cnc(N)nc43)C2)c(C)[nH]1. The van der Waals surface area contributed by atoms with Gasteiger partial charge in [-0.1, -0.05) is 6.92 Å². The van der Waals surface area contributed by atoms with Crippen molar-refractivity contribution in [2.75, 3.05) is 18.8 Å². The van der Waals surface area contributed by atoms with E-state index in [9.17, 15) is 0 Å². The Labute approximate surface area is 142 Å². The first-order valence-electron chi connectivity index (χ1n) is 8.98. The van der Waals surface area contributed by atoms with Crippen molar-refractivity contribution >= 4 is 5.95 Å². The molecule has 0 radical (unpaired) electrons. The van der Waals surface area contributed by atoms with Crippen molar-refractivity contribution in [2.45, 2.75) is 57.9 Å². The van der Waals surface area contributed by atoms with E-state index in [2.05, 4.69) is 33.7 Å². The summed E-state index contributed by atoms with van der Waals surface area (Å²) in [4.78, 5) is 19.5. The van der Waals surface area contributed by atoms with Crippen molar-refractivity contribution in [3.63, 3.8) is 0 Å². The van der Waals surface area contributed by atoms with E-state index in [-0.39, 0.29) is 5.41 Å². The number of nitrogen functional groups attached to an aromatic ring is 1. The van der Waals surface area contributed by atoms with Crippen LogP contribution in [0, 0.1) is 6.92 Å². The highest BCUT2D eigenvalue weighted by atomic mass is 15.2. The number of aromatic amines is 1. The number of anilines is 1. The second-order valence-electron chi connectivity index (χ2n) is 7.31. The zero-order valence-electron chi connectivity index (χ0n) is 14.6. The van der Waals surface area contributed by atoms with Crippen LogP contribution in [0.15, 0.2) is 6.20 Å². The van der Waals surface area contributed by atoms with Crippen molar-refractivity contribution in [3.05, 3.63) is 34.7 Å². The van der Waals surface area contributed by atoms with Gasteiger partial charge in [-0.25, -0.2) is 15.0 Å². The fourth-order valence-corrected chi connectivity index (χ4v) is 4.41. The summed E-state index contributed by atoms with van der Waals surface area (Å²) in [7, 11) is 0. The predicted molar refractivity (Wildman–Crippen MR) is 93.7 cm³/mol. The first kappa shape index (κ1) is 15.6. The molecule has 3 N–H and O–H groups in total. The van der Waals surface area contributed by atoms with Crippen LogP contribution in [-0.4, -0.2) is 37.9 Å². The van der Waals surface area contributed by atoms with Crippen LogP contribution in [0.2, 0.25) is 0 Å². The highest BCUT2D eigenvalue weighted by molar-refractivity contribution is 5.37. The Kier molecular flexibility index (Phi) is 3.79. The molecule has 24 heavy (non-hydrogen) atoms. The molecule has 1 aliphatic heterocycles. The molecule has 4 rings (SSSR count). The van der Waals surface area contributed by atoms with Crippen LogP contribution < -0.4 is 5.73 Å². The normalized spacial score (nSPS) is 23.8. The van der Waals surface area contributed by atoms with Gasteiger partial charge in [0, 0.05) is 36.8 Å². The van der Waals surface area contributed by atoms with Crippen LogP contribution in [-0.2, 0) is 24.8 Å². The number of nitrogens with one attached hydrogen (secondary N) is 1. The summed E-state index contributed by atoms with van der Waals surface area (Å²) in [5.74, 6) is 1.49. The number of imidazole rings is 1. The largest absolute Gasteiger partial charge is 0.368 e. The number of aromatic nitrogens is 4. The number of nitrogens with zero attached hydrogens (tertiary/aromatic N) is 4. The number of nitrogens with two attached hydrogens (primary N) is 1. The highest BCUT2D eigenvalue weighted by Gasteiger charge is 2.43. The lowest BCUT2D eigenvalue weighted by molar-refractivity contribution is 0.135. The number of aryl methyl sites for hydroxylation is 3. The zero-order chi connectivity index (χ0) is 16.7. The highest BCUT2D eigenvalue weighted by Crippen LogP contribution is 2.44. The molecule has 2 aromatic rings. The van der Waals surface area contributed by atoms with E-state index in [1.165, 1.54) is 35.5 Å². The Morgan fingerprint density at radius 3 is 3.00 bits per heavy atom. The van der Waals surface area contributed by atoms with E-state index in [1.807, 2.05) is 6.20 Å². The van der Waals surface area contributed by atoms with E-state index < -0.39 is 0 Å². The number of H-pyrrole nitrogens is 1. The lowest BCUT2D eigenvalue weighted by Gasteiger charge is -2.40. The first-order valence-corrected chi connectivity index (χ1v) is 8.98. The van der Waals surface area contributed by atoms with E-state index >= 15 is 0 Å². The summed E-state index contributed by atoms with van der Waals surface area (Å²) >= 11 is 0. The molecular formula is C18H26N6. The standard InChI is InChI=1S/C18H26N6/c1-3-15-21-12(2)14(22-15)10-24-8-4-6-18(11-24)7-5-13-9-20-17(19)23-16(13)18/h9H,3-8,10-11H2,1-2H3,(H,21,22)(H2,19,20,23). The van der Waals surface area contributed by atoms with Crippen LogP contribution in [0.25, 0.3) is 0 Å². The molecule has 3 heterocycles. The molecule has 1 saturated heterocycles. The van der Waals surface area contributed by atoms with Gasteiger partial charge >= 0.3 is 0 Å². The maximum atomic E-state index is 5.87. The third-order valence-corrected chi connectivity index (χ3v) is 5.66. The minimum absolute atomic E-state index is 0.155. The molecule has 128 valence electrons. The van der Waals surface area contributed by atoms with Crippen molar-refractivity contribution in [3.8, 4) is 0 Å². The lowest BCUT2D eigenvalue weighted by Crippen LogP contribution is -2.45. The molecule has 0 amide bonds. The average Bonchev–Trinajstić information content (AvgIpc) is 3.09. The second kappa shape index (κ2) is 5.84. The van der Waals surface area contributed by atoms with Crippen LogP contribution in [0.3, 0.4) is 0 Å². The fourth-order valence-electron chi connectivity index (χ4n) is 4.41. The molecule has 1 unspecified atom stereocenters. The van der Waals surface area contributed by atoms with Gasteiger partial charge in [0.15, 0.2) is 0 Å². The van der Waals surface area contributed by atoms with Gasteiger partial charge in [0.25, 0.3) is 0 Å². The molecule has 6 heteroatoms. The lowest BCUT2D eigenvalue weighted by atomic mass is 9.77. The summed E-state index contributed by atoms with van der Waals surface area (Å²) in [6.07, 6.45) is 7.52. The monoisotopic (exact) mass is 326 g/mol. The van der Waals surface area contributed by atoms with Gasteiger partial charge in [0.05, 0.1) is 11.4 Å². The Bertz CT molecular complexity index is 748. The van der Waals surface area contributed by atoms with Crippen LogP contribution in [0.5, 0.6) is 0 Å². The summed E-state index contributed by atoms with van der Waals surface area (Å²) in [5.41, 5.74) is 10.9. The number of piperidine rings is 1. The van der Waals surface area contributed by atoms with Crippen molar-refractivity contribution < 1.29 is 0 Å². The van der Waals surface area contributed by atoms with E-state index in [1.54, 1.807) is 0 Å². The molecule has 2 aliphatic rings. The molecule has 1 aliphatic carbocycles. The summed E-state index contributed by atoms with van der Waals surface area (Å²) in [5, 5.41) is 0. The van der Waals surface area contributed by atoms with Gasteiger partial charge in [-0.15, -0.1) is 0 Å². The molecule has 1 atom stereocenters. The van der Waals surface area contributed by atoms with Crippen molar-refractivity contribution in [1.29, 1.82) is 0 Å². The minimum Gasteiger partial charge on any atom is -0.368 e. The zero-order valence-corrected chi connectivity index (χ0v) is 14.6. The Morgan fingerprint density at radius 2 is 2.21 bits per heavy atom. The molecule has 1 spiro atoms. The van der Waals surface area contributed by atoms with Gasteiger partial charge in [-0.2, -0.15) is 0 Å². The minimum atomic E-state index is 0.155. The Balaban J connectivity index is 1.57. The number of hydrogen-bond donors (Lipinski definition) is 2. The first-order chi connectivity index (χ1) is 11.6. The summed E-state index contributed by atoms with van der Waals surface area (Å²) in [6.45, 7) is 7.35. The fraction of sp³-hybridized carbons (Fsp3) is 0.611. The van der Waals surface area contributed by atoms with Gasteiger partial charge in [0.2, 0.25) is 5.95 Å². The van der Waals surface area contributed by atoms with E-state index in [0.29, 0.717) is 5.95 Å². The summed E-state index contributed by atoms with van der Waals surface area (Å²) < 4.78 is 0. The molecule has 0 bridgehead atoms. The molecule has 0 aromatic carbocycles. The number of hydrogen-bond acceptors (Lipinski definition) is 5. The number of likely N-dealkylation sites (tertiary alicyclic amines) is 1. The van der Waals surface area contributed by atoms with Crippen molar-refractivity contribution in [1.82, 2.24) is 24.8 Å². The van der Waals surface area contributed by atoms with Crippen LogP contribution in [0.1, 0.15) is 54.7 Å². The molecule has 0 saturated carbocycles. The second-order valence-corrected chi connectivity index (χ2v) is 7.31. The number of fused-ring (bicyclic) bond motifs is 2. The van der Waals surface area contributed by atoms with E-state index in [4.69, 9.17) is 10.7 Å². The van der Waals surface area contributed by atoms with Gasteiger partial charge < -0.3 is 10.7 Å². The third-order valence-electron chi connectivity index (χ3n) is 5.66. The van der Waals surface area contributed by atoms with Gasteiger partial charge in [0.1, 0.15) is 5.82 Å². The van der Waals surface area contributed by atoms with Crippen LogP contribution >= 0.6 is 0 Å². The maximum absolute atomic E-state index is 5.87. The molecule has 1 fully saturated rings. The van der Waals surface area contributed by atoms with Gasteiger partial charge in [-0.05, 0) is 44.7 Å². The third kappa shape index (κ3) is 2.59. The van der Waals surface area contributed by atoms with E-state index in [0.717, 1.165) is 44.7 Å². The summed E-state index contributed by atoms with van der Waals surface area (Å²) in [6, 6.07) is 0.